The van der Waals surface area contributed by atoms with Crippen LogP contribution in [0.25, 0.3) is 75.5 Å². The van der Waals surface area contributed by atoms with Crippen molar-refractivity contribution >= 4 is 70.5 Å². The molecule has 0 N–H and O–H groups in total. The maximum atomic E-state index is 6.51. The van der Waals surface area contributed by atoms with Gasteiger partial charge < -0.3 is 9.32 Å². The highest BCUT2D eigenvalue weighted by molar-refractivity contribution is 7.26. The zero-order valence-electron chi connectivity index (χ0n) is 34.8. The SMILES string of the molecule is c1ccc(-c2cccc3sc4ccc(N(c5ccc(-c6cccc7c6oc6ccccc67)cc5)c5cccc(C6(c7ccccc7)c7ccccc7-c7ccccc76)c5)cc4c23)cc1. The van der Waals surface area contributed by atoms with Crippen LogP contribution in [0.1, 0.15) is 22.3 Å². The van der Waals surface area contributed by atoms with E-state index in [0.717, 1.165) is 50.1 Å². The smallest absolute Gasteiger partial charge is 0.143 e. The van der Waals surface area contributed by atoms with Gasteiger partial charge >= 0.3 is 0 Å². The molecule has 0 saturated carbocycles. The lowest BCUT2D eigenvalue weighted by atomic mass is 9.67. The Morgan fingerprint density at radius 1 is 0.359 bits per heavy atom. The Hall–Kier alpha value is -7.98. The number of benzene rings is 10. The van der Waals surface area contributed by atoms with Crippen molar-refractivity contribution in [2.75, 3.05) is 4.90 Å². The quantitative estimate of drug-likeness (QED) is 0.159. The normalized spacial score (nSPS) is 12.8. The van der Waals surface area contributed by atoms with E-state index in [1.807, 2.05) is 17.4 Å². The third kappa shape index (κ3) is 5.51. The van der Waals surface area contributed by atoms with Gasteiger partial charge in [0.1, 0.15) is 11.2 Å². The third-order valence-electron chi connectivity index (χ3n) is 13.4. The number of nitrogens with zero attached hydrogens (tertiary/aromatic N) is 1. The van der Waals surface area contributed by atoms with E-state index in [1.165, 1.54) is 64.7 Å². The molecule has 2 heterocycles. The number of para-hydroxylation sites is 2. The van der Waals surface area contributed by atoms with E-state index in [1.54, 1.807) is 0 Å². The number of furan rings is 1. The predicted octanol–water partition coefficient (Wildman–Crippen LogP) is 17.1. The van der Waals surface area contributed by atoms with Gasteiger partial charge in [0.25, 0.3) is 0 Å². The molecule has 0 amide bonds. The van der Waals surface area contributed by atoms with E-state index in [0.29, 0.717) is 0 Å². The van der Waals surface area contributed by atoms with Crippen molar-refractivity contribution in [2.24, 2.45) is 0 Å². The van der Waals surface area contributed by atoms with Gasteiger partial charge in [-0.15, -0.1) is 11.3 Å². The first-order chi connectivity index (χ1) is 31.7. The molecule has 1 aliphatic rings. The van der Waals surface area contributed by atoms with E-state index in [4.69, 9.17) is 4.42 Å². The molecule has 0 bridgehead atoms. The van der Waals surface area contributed by atoms with Crippen LogP contribution in [-0.4, -0.2) is 0 Å². The molecule has 0 radical (unpaired) electrons. The minimum Gasteiger partial charge on any atom is -0.455 e. The highest BCUT2D eigenvalue weighted by Crippen LogP contribution is 2.57. The summed E-state index contributed by atoms with van der Waals surface area (Å²) in [5.41, 5.74) is 16.8. The summed E-state index contributed by atoms with van der Waals surface area (Å²) in [5.74, 6) is 0. The van der Waals surface area contributed by atoms with Gasteiger partial charge in [0.05, 0.1) is 5.41 Å². The second kappa shape index (κ2) is 14.6. The Morgan fingerprint density at radius 2 is 0.938 bits per heavy atom. The Balaban J connectivity index is 1.03. The van der Waals surface area contributed by atoms with Gasteiger partial charge in [-0.2, -0.15) is 0 Å². The second-order valence-corrected chi connectivity index (χ2v) is 17.8. The van der Waals surface area contributed by atoms with Crippen molar-refractivity contribution in [1.29, 1.82) is 0 Å². The maximum absolute atomic E-state index is 6.51. The number of thiophene rings is 1. The summed E-state index contributed by atoms with van der Waals surface area (Å²) in [5, 5.41) is 4.81. The van der Waals surface area contributed by atoms with Crippen molar-refractivity contribution in [3.8, 4) is 33.4 Å². The molecule has 2 nitrogen and oxygen atoms in total. The monoisotopic (exact) mass is 833 g/mol. The molecule has 64 heavy (non-hydrogen) atoms. The second-order valence-electron chi connectivity index (χ2n) is 16.7. The van der Waals surface area contributed by atoms with Crippen LogP contribution in [0.4, 0.5) is 17.1 Å². The average Bonchev–Trinajstić information content (AvgIpc) is 4.04. The Morgan fingerprint density at radius 3 is 1.73 bits per heavy atom. The number of fused-ring (bicyclic) bond motifs is 9. The van der Waals surface area contributed by atoms with Crippen molar-refractivity contribution in [3.63, 3.8) is 0 Å². The standard InChI is InChI=1S/C61H39NOS/c1-3-16-40(17-4-1)47-25-15-31-58-59(47)53-39-46(36-37-57(53)64-58)62(44-34-32-41(33-35-44)48-26-14-27-52-51-24-9-12-30-56(51)63-60(48)52)45-21-13-20-43(38-45)61(42-18-5-2-6-19-42)54-28-10-7-22-49(54)50-23-8-11-29-55(50)61/h1-39H. The number of hydrogen-bond donors (Lipinski definition) is 0. The van der Waals surface area contributed by atoms with E-state index in [2.05, 4.69) is 235 Å². The lowest BCUT2D eigenvalue weighted by Gasteiger charge is -2.35. The number of rotatable bonds is 7. The van der Waals surface area contributed by atoms with Crippen LogP contribution in [0, 0.1) is 0 Å². The summed E-state index contributed by atoms with van der Waals surface area (Å²) in [6.45, 7) is 0. The van der Waals surface area contributed by atoms with E-state index >= 15 is 0 Å². The van der Waals surface area contributed by atoms with E-state index in [-0.39, 0.29) is 0 Å². The topological polar surface area (TPSA) is 16.4 Å². The summed E-state index contributed by atoms with van der Waals surface area (Å²) in [6, 6.07) is 86.6. The molecule has 0 saturated heterocycles. The Bertz CT molecular complexity index is 3690. The molecule has 0 aliphatic heterocycles. The van der Waals surface area contributed by atoms with Crippen molar-refractivity contribution in [3.05, 3.63) is 259 Å². The summed E-state index contributed by atoms with van der Waals surface area (Å²) >= 11 is 1.86. The van der Waals surface area contributed by atoms with Gasteiger partial charge in [-0.1, -0.05) is 182 Å². The van der Waals surface area contributed by atoms with Gasteiger partial charge in [0.2, 0.25) is 0 Å². The molecule has 13 rings (SSSR count). The van der Waals surface area contributed by atoms with E-state index in [9.17, 15) is 0 Å². The van der Waals surface area contributed by atoms with Gasteiger partial charge in [0.15, 0.2) is 0 Å². The molecule has 0 atom stereocenters. The Labute approximate surface area is 375 Å². The fourth-order valence-corrected chi connectivity index (χ4v) is 11.7. The molecule has 12 aromatic rings. The first-order valence-electron chi connectivity index (χ1n) is 21.9. The van der Waals surface area contributed by atoms with Gasteiger partial charge in [0, 0.05) is 53.6 Å². The lowest BCUT2D eigenvalue weighted by molar-refractivity contribution is 0.670. The zero-order chi connectivity index (χ0) is 42.2. The van der Waals surface area contributed by atoms with Crippen LogP contribution >= 0.6 is 11.3 Å². The van der Waals surface area contributed by atoms with E-state index < -0.39 is 5.41 Å². The van der Waals surface area contributed by atoms with Crippen molar-refractivity contribution in [2.45, 2.75) is 5.41 Å². The van der Waals surface area contributed by atoms with Gasteiger partial charge in [-0.3, -0.25) is 0 Å². The largest absolute Gasteiger partial charge is 0.455 e. The number of hydrogen-bond acceptors (Lipinski definition) is 3. The minimum absolute atomic E-state index is 0.524. The fraction of sp³-hybridized carbons (Fsp3) is 0.0164. The molecule has 300 valence electrons. The van der Waals surface area contributed by atoms with Crippen molar-refractivity contribution in [1.82, 2.24) is 0 Å². The van der Waals surface area contributed by atoms with Crippen molar-refractivity contribution < 1.29 is 4.42 Å². The molecule has 0 fully saturated rings. The van der Waals surface area contributed by atoms with Crippen LogP contribution in [-0.2, 0) is 5.41 Å². The van der Waals surface area contributed by atoms with Crippen LogP contribution in [0.15, 0.2) is 241 Å². The molecular weight excluding hydrogens is 795 g/mol. The molecule has 1 aliphatic carbocycles. The average molecular weight is 834 g/mol. The maximum Gasteiger partial charge on any atom is 0.143 e. The summed E-state index contributed by atoms with van der Waals surface area (Å²) in [7, 11) is 0. The molecular formula is C61H39NOS. The first-order valence-corrected chi connectivity index (χ1v) is 22.7. The summed E-state index contributed by atoms with van der Waals surface area (Å²) < 4.78 is 9.07. The molecule has 10 aromatic carbocycles. The minimum atomic E-state index is -0.524. The highest BCUT2D eigenvalue weighted by atomic mass is 32.1. The van der Waals surface area contributed by atoms with Crippen LogP contribution in [0.3, 0.4) is 0 Å². The predicted molar refractivity (Wildman–Crippen MR) is 269 cm³/mol. The van der Waals surface area contributed by atoms with Gasteiger partial charge in [-0.25, -0.2) is 0 Å². The third-order valence-corrected chi connectivity index (χ3v) is 14.5. The molecule has 0 unspecified atom stereocenters. The Kier molecular flexibility index (Phi) is 8.34. The fourth-order valence-electron chi connectivity index (χ4n) is 10.6. The number of anilines is 3. The summed E-state index contributed by atoms with van der Waals surface area (Å²) in [6.07, 6.45) is 0. The van der Waals surface area contributed by atoms with Gasteiger partial charge in [-0.05, 0) is 105 Å². The summed E-state index contributed by atoms with van der Waals surface area (Å²) in [4.78, 5) is 2.44. The van der Waals surface area contributed by atoms with Crippen LogP contribution < -0.4 is 4.90 Å². The van der Waals surface area contributed by atoms with Crippen LogP contribution in [0.2, 0.25) is 0 Å². The molecule has 2 aromatic heterocycles. The van der Waals surface area contributed by atoms with Crippen LogP contribution in [0.5, 0.6) is 0 Å². The lowest BCUT2D eigenvalue weighted by Crippen LogP contribution is -2.28. The first kappa shape index (κ1) is 36.7. The zero-order valence-corrected chi connectivity index (χ0v) is 35.6. The highest BCUT2D eigenvalue weighted by Gasteiger charge is 2.46. The molecule has 0 spiro atoms. The molecule has 3 heteroatoms.